The summed E-state index contributed by atoms with van der Waals surface area (Å²) in [6.45, 7) is 2.73. The molecular formula is C29H40N2O5. The fourth-order valence-corrected chi connectivity index (χ4v) is 4.51. The molecule has 1 amide bonds. The zero-order valence-electron chi connectivity index (χ0n) is 22.3. The van der Waals surface area contributed by atoms with E-state index in [0.717, 1.165) is 61.4 Å². The van der Waals surface area contributed by atoms with E-state index < -0.39 is 0 Å². The number of aryl methyl sites for hydroxylation is 1. The van der Waals surface area contributed by atoms with Gasteiger partial charge in [-0.25, -0.2) is 0 Å². The number of unbranched alkanes of at least 4 members (excludes halogenated alkanes) is 2. The first-order valence-corrected chi connectivity index (χ1v) is 12.6. The average molecular weight is 497 g/mol. The maximum atomic E-state index is 12.8. The molecule has 0 N–H and O–H groups in total. The van der Waals surface area contributed by atoms with E-state index in [9.17, 15) is 4.79 Å². The third-order valence-electron chi connectivity index (χ3n) is 6.63. The molecule has 0 saturated heterocycles. The lowest BCUT2D eigenvalue weighted by atomic mass is 10.0. The number of amides is 1. The number of hydrogen-bond acceptors (Lipinski definition) is 6. The molecule has 0 radical (unpaired) electrons. The molecule has 0 aliphatic carbocycles. The fourth-order valence-electron chi connectivity index (χ4n) is 4.51. The van der Waals surface area contributed by atoms with Crippen molar-refractivity contribution in [2.24, 2.45) is 0 Å². The normalized spacial score (nSPS) is 12.9. The van der Waals surface area contributed by atoms with Crippen LogP contribution in [0, 0.1) is 0 Å². The quantitative estimate of drug-likeness (QED) is 0.350. The number of carbonyl (C=O) groups is 1. The summed E-state index contributed by atoms with van der Waals surface area (Å²) in [4.78, 5) is 17.0. The van der Waals surface area contributed by atoms with Crippen LogP contribution in [0.5, 0.6) is 23.0 Å². The Hall–Kier alpha value is -3.19. The number of carbonyl (C=O) groups excluding carboxylic acids is 1. The Morgan fingerprint density at radius 3 is 2.19 bits per heavy atom. The topological polar surface area (TPSA) is 60.5 Å². The van der Waals surface area contributed by atoms with Crippen LogP contribution in [0.25, 0.3) is 6.08 Å². The number of ether oxygens (including phenoxy) is 4. The minimum Gasteiger partial charge on any atom is -0.493 e. The first kappa shape index (κ1) is 27.4. The largest absolute Gasteiger partial charge is 0.493 e. The molecule has 3 rings (SSSR count). The molecule has 196 valence electrons. The minimum absolute atomic E-state index is 0.107. The molecule has 2 aromatic carbocycles. The molecule has 7 nitrogen and oxygen atoms in total. The van der Waals surface area contributed by atoms with Crippen molar-refractivity contribution in [1.82, 2.24) is 9.80 Å². The summed E-state index contributed by atoms with van der Waals surface area (Å²) in [5.74, 6) is 2.99. The van der Waals surface area contributed by atoms with Crippen LogP contribution in [0.3, 0.4) is 0 Å². The summed E-state index contributed by atoms with van der Waals surface area (Å²) in [7, 11) is 8.72. The molecule has 1 heterocycles. The molecule has 0 bridgehead atoms. The van der Waals surface area contributed by atoms with Gasteiger partial charge in [-0.05, 0) is 92.9 Å². The molecule has 7 heteroatoms. The number of hydrogen-bond donors (Lipinski definition) is 0. The second kappa shape index (κ2) is 13.8. The number of rotatable bonds is 14. The van der Waals surface area contributed by atoms with Gasteiger partial charge in [0.2, 0.25) is 5.91 Å². The van der Waals surface area contributed by atoms with Gasteiger partial charge in [-0.3, -0.25) is 4.79 Å². The third-order valence-corrected chi connectivity index (χ3v) is 6.63. The van der Waals surface area contributed by atoms with Gasteiger partial charge in [0.25, 0.3) is 0 Å². The summed E-state index contributed by atoms with van der Waals surface area (Å²) in [5.41, 5.74) is 3.23. The lowest BCUT2D eigenvalue weighted by molar-refractivity contribution is -0.127. The highest BCUT2D eigenvalue weighted by Crippen LogP contribution is 2.33. The maximum absolute atomic E-state index is 12.8. The van der Waals surface area contributed by atoms with Crippen LogP contribution < -0.4 is 18.9 Å². The smallest absolute Gasteiger partial charge is 0.230 e. The van der Waals surface area contributed by atoms with Crippen LogP contribution in [0.4, 0.5) is 0 Å². The van der Waals surface area contributed by atoms with Crippen LogP contribution >= 0.6 is 0 Å². The van der Waals surface area contributed by atoms with Crippen molar-refractivity contribution in [3.8, 4) is 23.0 Å². The Morgan fingerprint density at radius 2 is 1.47 bits per heavy atom. The summed E-state index contributed by atoms with van der Waals surface area (Å²) < 4.78 is 21.5. The number of methoxy groups -OCH3 is 4. The minimum atomic E-state index is 0.107. The van der Waals surface area contributed by atoms with Crippen molar-refractivity contribution < 1.29 is 23.7 Å². The van der Waals surface area contributed by atoms with E-state index in [1.165, 1.54) is 12.0 Å². The van der Waals surface area contributed by atoms with E-state index in [2.05, 4.69) is 24.1 Å². The molecular weight excluding hydrogens is 456 g/mol. The zero-order chi connectivity index (χ0) is 25.9. The van der Waals surface area contributed by atoms with Gasteiger partial charge in [-0.15, -0.1) is 0 Å². The van der Waals surface area contributed by atoms with Gasteiger partial charge in [0.05, 0.1) is 34.9 Å². The molecule has 0 spiro atoms. The van der Waals surface area contributed by atoms with Crippen molar-refractivity contribution in [2.75, 3.05) is 55.1 Å². The third kappa shape index (κ3) is 7.40. The molecule has 0 atom stereocenters. The summed E-state index contributed by atoms with van der Waals surface area (Å²) >= 11 is 0. The van der Waals surface area contributed by atoms with Gasteiger partial charge in [0, 0.05) is 12.7 Å². The highest BCUT2D eigenvalue weighted by Gasteiger charge is 2.19. The van der Waals surface area contributed by atoms with Gasteiger partial charge < -0.3 is 28.7 Å². The van der Waals surface area contributed by atoms with Gasteiger partial charge in [0.15, 0.2) is 23.0 Å². The molecule has 0 saturated carbocycles. The molecule has 0 unspecified atom stereocenters. The maximum Gasteiger partial charge on any atom is 0.230 e. The van der Waals surface area contributed by atoms with E-state index in [-0.39, 0.29) is 5.91 Å². The molecule has 1 aliphatic rings. The first-order valence-electron chi connectivity index (χ1n) is 12.6. The van der Waals surface area contributed by atoms with Gasteiger partial charge in [-0.2, -0.15) is 0 Å². The number of benzene rings is 2. The Kier molecular flexibility index (Phi) is 10.5. The Morgan fingerprint density at radius 1 is 0.806 bits per heavy atom. The first-order chi connectivity index (χ1) is 17.5. The Bertz CT molecular complexity index is 1040. The highest BCUT2D eigenvalue weighted by molar-refractivity contribution is 5.84. The van der Waals surface area contributed by atoms with Crippen LogP contribution in [0.15, 0.2) is 36.5 Å². The highest BCUT2D eigenvalue weighted by atomic mass is 16.5. The summed E-state index contributed by atoms with van der Waals surface area (Å²) in [5, 5.41) is 0. The van der Waals surface area contributed by atoms with Gasteiger partial charge in [0.1, 0.15) is 0 Å². The van der Waals surface area contributed by atoms with Gasteiger partial charge >= 0.3 is 0 Å². The van der Waals surface area contributed by atoms with Crippen molar-refractivity contribution in [2.45, 2.75) is 38.5 Å². The summed E-state index contributed by atoms with van der Waals surface area (Å²) in [6, 6.07) is 9.98. The monoisotopic (exact) mass is 496 g/mol. The van der Waals surface area contributed by atoms with Crippen molar-refractivity contribution >= 4 is 12.0 Å². The van der Waals surface area contributed by atoms with E-state index in [1.807, 2.05) is 35.4 Å². The molecule has 0 aromatic heterocycles. The van der Waals surface area contributed by atoms with Crippen molar-refractivity contribution in [3.05, 3.63) is 53.2 Å². The van der Waals surface area contributed by atoms with Crippen LogP contribution in [0.1, 0.15) is 42.4 Å². The lowest BCUT2D eigenvalue weighted by Gasteiger charge is -2.20. The number of nitrogens with zero attached hydrogens (tertiary/aromatic N) is 2. The standard InChI is InChI=1S/C29H40N2O5/c1-30(14-8-6-7-10-22-11-12-25(33-2)26(18-22)34-3)15-9-16-31-17-13-23-19-27(35-4)28(36-5)20-24(23)21-29(31)32/h11-13,17-20H,6-10,14-16,21H2,1-5H3. The Labute approximate surface area is 215 Å². The van der Waals surface area contributed by atoms with E-state index >= 15 is 0 Å². The van der Waals surface area contributed by atoms with E-state index in [4.69, 9.17) is 18.9 Å². The number of fused-ring (bicyclic) bond motifs is 1. The second-order valence-corrected chi connectivity index (χ2v) is 9.14. The van der Waals surface area contributed by atoms with E-state index in [0.29, 0.717) is 24.5 Å². The van der Waals surface area contributed by atoms with Crippen molar-refractivity contribution in [3.63, 3.8) is 0 Å². The second-order valence-electron chi connectivity index (χ2n) is 9.14. The van der Waals surface area contributed by atoms with E-state index in [1.54, 1.807) is 28.4 Å². The average Bonchev–Trinajstić information content (AvgIpc) is 3.04. The molecule has 36 heavy (non-hydrogen) atoms. The van der Waals surface area contributed by atoms with Gasteiger partial charge in [-0.1, -0.05) is 12.5 Å². The molecule has 0 fully saturated rings. The zero-order valence-corrected chi connectivity index (χ0v) is 22.3. The summed E-state index contributed by atoms with van der Waals surface area (Å²) in [6.07, 6.45) is 9.70. The SMILES string of the molecule is COc1ccc(CCCCCN(C)CCCN2C=Cc3cc(OC)c(OC)cc3CC2=O)cc1OC. The van der Waals surface area contributed by atoms with Crippen molar-refractivity contribution in [1.29, 1.82) is 0 Å². The van der Waals surface area contributed by atoms with Crippen LogP contribution in [0.2, 0.25) is 0 Å². The molecule has 1 aliphatic heterocycles. The van der Waals surface area contributed by atoms with Crippen LogP contribution in [-0.4, -0.2) is 70.8 Å². The Balaban J connectivity index is 1.37. The van der Waals surface area contributed by atoms with Crippen LogP contribution in [-0.2, 0) is 17.6 Å². The molecule has 2 aromatic rings. The lowest BCUT2D eigenvalue weighted by Crippen LogP contribution is -2.30. The fraction of sp³-hybridized carbons (Fsp3) is 0.483. The predicted molar refractivity (Wildman–Crippen MR) is 143 cm³/mol. The predicted octanol–water partition coefficient (Wildman–Crippen LogP) is 4.81.